The maximum absolute atomic E-state index is 12.4. The highest BCUT2D eigenvalue weighted by Gasteiger charge is 2.38. The number of nitrogens with zero attached hydrogens (tertiary/aromatic N) is 7. The first-order valence-corrected chi connectivity index (χ1v) is 12.5. The molecule has 2 aromatic rings. The van der Waals surface area contributed by atoms with Crippen LogP contribution < -0.4 is 20.3 Å². The summed E-state index contributed by atoms with van der Waals surface area (Å²) < 4.78 is 1.98. The molecule has 0 saturated carbocycles. The van der Waals surface area contributed by atoms with Crippen molar-refractivity contribution in [3.63, 3.8) is 0 Å². The van der Waals surface area contributed by atoms with Crippen molar-refractivity contribution in [1.29, 1.82) is 0 Å². The molecule has 0 unspecified atom stereocenters. The number of hydrogen-bond donors (Lipinski definition) is 0. The van der Waals surface area contributed by atoms with Gasteiger partial charge in [0.25, 0.3) is 5.56 Å². The van der Waals surface area contributed by atoms with E-state index in [1.807, 2.05) is 10.6 Å². The lowest BCUT2D eigenvalue weighted by Crippen LogP contribution is -2.39. The van der Waals surface area contributed by atoms with Gasteiger partial charge in [-0.25, -0.2) is 0 Å². The molecule has 2 atom stereocenters. The molecule has 0 spiro atoms. The number of hydrogen-bond acceptors (Lipinski definition) is 7. The van der Waals surface area contributed by atoms with Crippen molar-refractivity contribution in [3.05, 3.63) is 34.2 Å². The van der Waals surface area contributed by atoms with E-state index in [0.29, 0.717) is 12.0 Å². The van der Waals surface area contributed by atoms with E-state index in [9.17, 15) is 4.79 Å². The summed E-state index contributed by atoms with van der Waals surface area (Å²) in [4.78, 5) is 34.5. The summed E-state index contributed by atoms with van der Waals surface area (Å²) in [6.07, 6.45) is 9.38. The highest BCUT2D eigenvalue weighted by atomic mass is 16.1. The van der Waals surface area contributed by atoms with Gasteiger partial charge in [0, 0.05) is 63.5 Å². The standard InChI is InChI=1S/C24H33N7O/c32-21-9-7-8-19-15-20-14-18(16-30(19)21)17-31(20)24-26-22(28-10-3-1-4-11-28)25-23(27-24)29-12-5-2-6-13-29/h7-9,18,20H,1-6,10-17H2/t18-,20-/m0/s1. The van der Waals surface area contributed by atoms with Gasteiger partial charge in [-0.15, -0.1) is 0 Å². The van der Waals surface area contributed by atoms with Crippen molar-refractivity contribution in [1.82, 2.24) is 19.5 Å². The van der Waals surface area contributed by atoms with E-state index in [0.717, 1.165) is 75.6 Å². The number of rotatable bonds is 3. The van der Waals surface area contributed by atoms with E-state index < -0.39 is 0 Å². The van der Waals surface area contributed by atoms with Gasteiger partial charge in [-0.3, -0.25) is 4.79 Å². The Labute approximate surface area is 189 Å². The van der Waals surface area contributed by atoms with Crippen LogP contribution in [0.4, 0.5) is 17.8 Å². The molecule has 0 aromatic carbocycles. The molecular formula is C24H33N7O. The molecule has 0 aliphatic carbocycles. The van der Waals surface area contributed by atoms with Crippen LogP contribution in [0.15, 0.2) is 23.0 Å². The summed E-state index contributed by atoms with van der Waals surface area (Å²) in [7, 11) is 0. The molecule has 2 bridgehead atoms. The van der Waals surface area contributed by atoms with Crippen molar-refractivity contribution in [2.45, 2.75) is 64.0 Å². The normalized spacial score (nSPS) is 25.6. The molecule has 3 saturated heterocycles. The SMILES string of the molecule is O=c1cccc2n1C[C@@H]1C[C@@H](C2)N(c2nc(N3CCCCC3)nc(N3CCCCC3)n2)C1. The zero-order valence-corrected chi connectivity index (χ0v) is 18.8. The number of fused-ring (bicyclic) bond motifs is 3. The highest BCUT2D eigenvalue weighted by Crippen LogP contribution is 2.34. The van der Waals surface area contributed by atoms with Crippen LogP contribution >= 0.6 is 0 Å². The minimum atomic E-state index is 0.126. The number of piperidine rings is 2. The first kappa shape index (κ1) is 20.0. The minimum absolute atomic E-state index is 0.126. The Hall–Kier alpha value is -2.64. The molecule has 0 amide bonds. The summed E-state index contributed by atoms with van der Waals surface area (Å²) >= 11 is 0. The van der Waals surface area contributed by atoms with E-state index in [1.165, 1.54) is 38.5 Å². The van der Waals surface area contributed by atoms with Crippen LogP contribution in [0.25, 0.3) is 0 Å². The quantitative estimate of drug-likeness (QED) is 0.733. The summed E-state index contributed by atoms with van der Waals surface area (Å²) in [5.41, 5.74) is 1.26. The molecule has 8 nitrogen and oxygen atoms in total. The van der Waals surface area contributed by atoms with Crippen molar-refractivity contribution in [2.75, 3.05) is 47.4 Å². The second kappa shape index (κ2) is 8.37. The molecule has 170 valence electrons. The van der Waals surface area contributed by atoms with Crippen molar-refractivity contribution in [3.8, 4) is 0 Å². The van der Waals surface area contributed by atoms with E-state index in [4.69, 9.17) is 15.0 Å². The van der Waals surface area contributed by atoms with E-state index in [1.54, 1.807) is 6.07 Å². The molecule has 6 rings (SSSR count). The fraction of sp³-hybridized carbons (Fsp3) is 0.667. The fourth-order valence-electron chi connectivity index (χ4n) is 5.98. The zero-order valence-electron chi connectivity index (χ0n) is 18.8. The molecule has 8 heteroatoms. The maximum Gasteiger partial charge on any atom is 0.250 e. The second-order valence-corrected chi connectivity index (χ2v) is 9.91. The summed E-state index contributed by atoms with van der Waals surface area (Å²) in [6, 6.07) is 6.01. The topological polar surface area (TPSA) is 70.4 Å². The van der Waals surface area contributed by atoms with Crippen LogP contribution in [-0.2, 0) is 13.0 Å². The number of pyridine rings is 1. The molecule has 0 radical (unpaired) electrons. The van der Waals surface area contributed by atoms with Crippen LogP contribution in [0.3, 0.4) is 0 Å². The third-order valence-electron chi connectivity index (χ3n) is 7.66. The Morgan fingerprint density at radius 1 is 0.750 bits per heavy atom. The van der Waals surface area contributed by atoms with Gasteiger partial charge in [-0.1, -0.05) is 6.07 Å². The van der Waals surface area contributed by atoms with Gasteiger partial charge in [-0.05, 0) is 56.9 Å². The summed E-state index contributed by atoms with van der Waals surface area (Å²) in [5, 5.41) is 0. The van der Waals surface area contributed by atoms with Crippen LogP contribution in [-0.4, -0.2) is 58.3 Å². The van der Waals surface area contributed by atoms with Gasteiger partial charge in [-0.2, -0.15) is 15.0 Å². The molecule has 0 N–H and O–H groups in total. The average molecular weight is 436 g/mol. The highest BCUT2D eigenvalue weighted by molar-refractivity contribution is 5.48. The predicted octanol–water partition coefficient (Wildman–Crippen LogP) is 2.47. The number of aromatic nitrogens is 4. The largest absolute Gasteiger partial charge is 0.341 e. The van der Waals surface area contributed by atoms with Crippen LogP contribution in [0.5, 0.6) is 0 Å². The lowest BCUT2D eigenvalue weighted by molar-refractivity contribution is 0.477. The van der Waals surface area contributed by atoms with Crippen molar-refractivity contribution >= 4 is 17.8 Å². The summed E-state index contributed by atoms with van der Waals surface area (Å²) in [6.45, 7) is 5.84. The van der Waals surface area contributed by atoms with E-state index >= 15 is 0 Å². The zero-order chi connectivity index (χ0) is 21.5. The van der Waals surface area contributed by atoms with Crippen LogP contribution in [0.2, 0.25) is 0 Å². The van der Waals surface area contributed by atoms with Gasteiger partial charge >= 0.3 is 0 Å². The Balaban J connectivity index is 1.35. The molecule has 2 aromatic heterocycles. The first-order chi connectivity index (χ1) is 15.7. The van der Waals surface area contributed by atoms with E-state index in [2.05, 4.69) is 20.8 Å². The third kappa shape index (κ3) is 3.73. The maximum atomic E-state index is 12.4. The lowest BCUT2D eigenvalue weighted by Gasteiger charge is -2.32. The average Bonchev–Trinajstić information content (AvgIpc) is 3.13. The Morgan fingerprint density at radius 3 is 2.03 bits per heavy atom. The third-order valence-corrected chi connectivity index (χ3v) is 7.66. The van der Waals surface area contributed by atoms with E-state index in [-0.39, 0.29) is 5.56 Å². The monoisotopic (exact) mass is 435 g/mol. The predicted molar refractivity (Wildman–Crippen MR) is 126 cm³/mol. The summed E-state index contributed by atoms with van der Waals surface area (Å²) in [5.74, 6) is 2.99. The molecule has 32 heavy (non-hydrogen) atoms. The molecule has 4 aliphatic heterocycles. The first-order valence-electron chi connectivity index (χ1n) is 12.5. The van der Waals surface area contributed by atoms with Crippen molar-refractivity contribution < 1.29 is 0 Å². The van der Waals surface area contributed by atoms with Crippen LogP contribution in [0, 0.1) is 5.92 Å². The van der Waals surface area contributed by atoms with Gasteiger partial charge in [0.05, 0.1) is 0 Å². The Kier molecular flexibility index (Phi) is 5.23. The van der Waals surface area contributed by atoms with Gasteiger partial charge in [0.15, 0.2) is 0 Å². The van der Waals surface area contributed by atoms with Gasteiger partial charge in [0.2, 0.25) is 17.8 Å². The van der Waals surface area contributed by atoms with Crippen LogP contribution in [0.1, 0.15) is 50.6 Å². The molecular weight excluding hydrogens is 402 g/mol. The lowest BCUT2D eigenvalue weighted by atomic mass is 10.1. The minimum Gasteiger partial charge on any atom is -0.341 e. The Bertz CT molecular complexity index is 989. The van der Waals surface area contributed by atoms with Gasteiger partial charge in [0.1, 0.15) is 0 Å². The van der Waals surface area contributed by atoms with Gasteiger partial charge < -0.3 is 19.3 Å². The molecule has 6 heterocycles. The second-order valence-electron chi connectivity index (χ2n) is 9.91. The van der Waals surface area contributed by atoms with Crippen molar-refractivity contribution in [2.24, 2.45) is 5.92 Å². The number of anilines is 3. The molecule has 4 aliphatic rings. The Morgan fingerprint density at radius 2 is 1.38 bits per heavy atom. The fourth-order valence-corrected chi connectivity index (χ4v) is 5.98. The smallest absolute Gasteiger partial charge is 0.250 e. The molecule has 3 fully saturated rings.